The van der Waals surface area contributed by atoms with Crippen LogP contribution in [0.3, 0.4) is 0 Å². The smallest absolute Gasteiger partial charge is 0.239 e. The minimum atomic E-state index is -0.224. The van der Waals surface area contributed by atoms with Gasteiger partial charge < -0.3 is 0 Å². The monoisotopic (exact) mass is 345 g/mol. The van der Waals surface area contributed by atoms with Gasteiger partial charge in [-0.25, -0.2) is 0 Å². The molecule has 0 aliphatic heterocycles. The van der Waals surface area contributed by atoms with E-state index in [1.54, 1.807) is 0 Å². The fourth-order valence-electron chi connectivity index (χ4n) is 1.32. The third-order valence-electron chi connectivity index (χ3n) is 2.31. The van der Waals surface area contributed by atoms with Crippen molar-refractivity contribution in [2.45, 2.75) is 21.4 Å². The third-order valence-corrected chi connectivity index (χ3v) is 5.49. The number of carbonyl (C=O) groups excluding carboxylic acids is 1. The Balaban J connectivity index is 1.93. The van der Waals surface area contributed by atoms with E-state index in [0.717, 1.165) is 9.24 Å². The summed E-state index contributed by atoms with van der Waals surface area (Å²) in [4.78, 5) is 13.1. The van der Waals surface area contributed by atoms with Gasteiger partial charge in [-0.2, -0.15) is 0 Å². The maximum atomic E-state index is 12.1. The highest BCUT2D eigenvalue weighted by Gasteiger charge is 2.16. The van der Waals surface area contributed by atoms with Crippen LogP contribution in [0.1, 0.15) is 6.92 Å². The summed E-state index contributed by atoms with van der Waals surface area (Å²) in [5.74, 6) is -0.0891. The molecule has 0 unspecified atom stereocenters. The normalized spacial score (nSPS) is 12.2. The van der Waals surface area contributed by atoms with E-state index in [9.17, 15) is 4.79 Å². The molecule has 1 N–H and O–H groups in total. The van der Waals surface area contributed by atoms with Crippen LogP contribution in [-0.4, -0.2) is 27.6 Å². The van der Waals surface area contributed by atoms with Gasteiger partial charge in [0.15, 0.2) is 4.34 Å². The van der Waals surface area contributed by atoms with Crippen LogP contribution < -0.4 is 5.32 Å². The number of carbonyl (C=O) groups is 1. The van der Waals surface area contributed by atoms with Crippen LogP contribution in [0.5, 0.6) is 0 Å². The lowest BCUT2D eigenvalue weighted by molar-refractivity contribution is -0.115. The molecule has 0 saturated heterocycles. The van der Waals surface area contributed by atoms with Gasteiger partial charge in [0.05, 0.1) is 5.25 Å². The number of amides is 1. The molecule has 1 heterocycles. The van der Waals surface area contributed by atoms with Crippen molar-refractivity contribution in [3.8, 4) is 0 Å². The van der Waals surface area contributed by atoms with E-state index in [-0.39, 0.29) is 11.2 Å². The number of hydrogen-bond donors (Lipinski definition) is 1. The second-order valence-corrected chi connectivity index (χ2v) is 7.66. The second-order valence-electron chi connectivity index (χ2n) is 3.78. The molecule has 1 aromatic carbocycles. The molecule has 1 amide bonds. The van der Waals surface area contributed by atoms with E-state index < -0.39 is 0 Å². The number of nitrogens with zero attached hydrogens (tertiary/aromatic N) is 2. The lowest BCUT2D eigenvalue weighted by atomic mass is 10.4. The van der Waals surface area contributed by atoms with Crippen molar-refractivity contribution in [1.29, 1.82) is 0 Å². The van der Waals surface area contributed by atoms with E-state index in [2.05, 4.69) is 15.5 Å². The molecular weight excluding hydrogens is 334 g/mol. The van der Waals surface area contributed by atoms with E-state index in [1.807, 2.05) is 37.4 Å². The molecule has 4 nitrogen and oxygen atoms in total. The summed E-state index contributed by atoms with van der Waals surface area (Å²) in [6, 6.07) is 7.41. The average Bonchev–Trinajstić information content (AvgIpc) is 2.89. The summed E-state index contributed by atoms with van der Waals surface area (Å²) in [6.07, 6.45) is 1.92. The minimum absolute atomic E-state index is 0.0891. The number of halogens is 1. The highest BCUT2D eigenvalue weighted by molar-refractivity contribution is 8.00. The van der Waals surface area contributed by atoms with Crippen LogP contribution in [0.15, 0.2) is 33.5 Å². The van der Waals surface area contributed by atoms with Gasteiger partial charge in [-0.05, 0) is 37.4 Å². The Bertz CT molecular complexity index is 588. The first-order valence-corrected chi connectivity index (χ1v) is 8.99. The van der Waals surface area contributed by atoms with Gasteiger partial charge >= 0.3 is 0 Å². The van der Waals surface area contributed by atoms with Crippen molar-refractivity contribution in [1.82, 2.24) is 10.2 Å². The van der Waals surface area contributed by atoms with Crippen LogP contribution in [0.2, 0.25) is 5.02 Å². The molecule has 20 heavy (non-hydrogen) atoms. The molecule has 8 heteroatoms. The standard InChI is InChI=1S/C12H12ClN3OS3/c1-7(19-9-5-3-8(13)4-6-9)10(17)14-11-15-16-12(18-2)20-11/h3-7H,1-2H3,(H,14,15,17)/t7-/m1/s1. The third kappa shape index (κ3) is 4.37. The first kappa shape index (κ1) is 15.6. The van der Waals surface area contributed by atoms with Crippen molar-refractivity contribution in [2.24, 2.45) is 0 Å². The minimum Gasteiger partial charge on any atom is -0.300 e. The van der Waals surface area contributed by atoms with E-state index in [0.29, 0.717) is 10.2 Å². The summed E-state index contributed by atoms with van der Waals surface area (Å²) < 4.78 is 0.832. The van der Waals surface area contributed by atoms with Gasteiger partial charge in [-0.15, -0.1) is 22.0 Å². The summed E-state index contributed by atoms with van der Waals surface area (Å²) in [5, 5.41) is 11.6. The maximum Gasteiger partial charge on any atom is 0.239 e. The topological polar surface area (TPSA) is 54.9 Å². The molecule has 0 aliphatic carbocycles. The van der Waals surface area contributed by atoms with Gasteiger partial charge in [-0.1, -0.05) is 34.7 Å². The van der Waals surface area contributed by atoms with Crippen molar-refractivity contribution >= 4 is 57.5 Å². The molecule has 0 spiro atoms. The predicted octanol–water partition coefficient (Wildman–Crippen LogP) is 4.03. The lowest BCUT2D eigenvalue weighted by Crippen LogP contribution is -2.22. The van der Waals surface area contributed by atoms with Gasteiger partial charge in [0.2, 0.25) is 11.0 Å². The number of benzene rings is 1. The second kappa shape index (κ2) is 7.31. The number of anilines is 1. The highest BCUT2D eigenvalue weighted by Crippen LogP contribution is 2.27. The Morgan fingerprint density at radius 1 is 1.35 bits per heavy atom. The number of hydrogen-bond acceptors (Lipinski definition) is 6. The van der Waals surface area contributed by atoms with Crippen molar-refractivity contribution in [2.75, 3.05) is 11.6 Å². The average molecular weight is 346 g/mol. The Kier molecular flexibility index (Phi) is 5.71. The Morgan fingerprint density at radius 2 is 2.05 bits per heavy atom. The number of rotatable bonds is 5. The fourth-order valence-corrected chi connectivity index (χ4v) is 3.49. The molecule has 2 rings (SSSR count). The summed E-state index contributed by atoms with van der Waals surface area (Å²) in [5.41, 5.74) is 0. The van der Waals surface area contributed by atoms with Gasteiger partial charge in [-0.3, -0.25) is 10.1 Å². The van der Waals surface area contributed by atoms with E-state index in [1.165, 1.54) is 34.9 Å². The maximum absolute atomic E-state index is 12.1. The Labute approximate surface area is 134 Å². The number of aromatic nitrogens is 2. The SMILES string of the molecule is CSc1nnc(NC(=O)[C@@H](C)Sc2ccc(Cl)cc2)s1. The van der Waals surface area contributed by atoms with Crippen LogP contribution in [0, 0.1) is 0 Å². The largest absolute Gasteiger partial charge is 0.300 e. The molecule has 2 aromatic rings. The summed E-state index contributed by atoms with van der Waals surface area (Å²) >= 11 is 10.2. The van der Waals surface area contributed by atoms with Crippen molar-refractivity contribution < 1.29 is 4.79 Å². The Hall–Kier alpha value is -0.760. The molecule has 0 aliphatic rings. The summed E-state index contributed by atoms with van der Waals surface area (Å²) in [6.45, 7) is 1.85. The molecule has 1 atom stereocenters. The number of thioether (sulfide) groups is 2. The van der Waals surface area contributed by atoms with Crippen molar-refractivity contribution in [3.63, 3.8) is 0 Å². The van der Waals surface area contributed by atoms with E-state index >= 15 is 0 Å². The van der Waals surface area contributed by atoms with Gasteiger partial charge in [0.1, 0.15) is 0 Å². The van der Waals surface area contributed by atoms with Crippen LogP contribution in [0.25, 0.3) is 0 Å². The zero-order chi connectivity index (χ0) is 14.5. The first-order valence-electron chi connectivity index (χ1n) is 5.69. The zero-order valence-corrected chi connectivity index (χ0v) is 14.0. The first-order chi connectivity index (χ1) is 9.58. The van der Waals surface area contributed by atoms with Crippen LogP contribution in [-0.2, 0) is 4.79 Å². The fraction of sp³-hybridized carbons (Fsp3) is 0.250. The predicted molar refractivity (Wildman–Crippen MR) is 87.1 cm³/mol. The molecule has 106 valence electrons. The highest BCUT2D eigenvalue weighted by atomic mass is 35.5. The molecule has 0 fully saturated rings. The molecular formula is C12H12ClN3OS3. The van der Waals surface area contributed by atoms with Crippen LogP contribution >= 0.6 is 46.5 Å². The zero-order valence-electron chi connectivity index (χ0n) is 10.8. The quantitative estimate of drug-likeness (QED) is 0.655. The number of nitrogens with one attached hydrogen (secondary N) is 1. The molecule has 0 radical (unpaired) electrons. The van der Waals surface area contributed by atoms with Crippen molar-refractivity contribution in [3.05, 3.63) is 29.3 Å². The lowest BCUT2D eigenvalue weighted by Gasteiger charge is -2.10. The molecule has 1 aromatic heterocycles. The summed E-state index contributed by atoms with van der Waals surface area (Å²) in [7, 11) is 0. The molecule has 0 bridgehead atoms. The Morgan fingerprint density at radius 3 is 2.65 bits per heavy atom. The van der Waals surface area contributed by atoms with Crippen LogP contribution in [0.4, 0.5) is 5.13 Å². The molecule has 0 saturated carbocycles. The van der Waals surface area contributed by atoms with E-state index in [4.69, 9.17) is 11.6 Å². The van der Waals surface area contributed by atoms with Gasteiger partial charge in [0.25, 0.3) is 0 Å². The van der Waals surface area contributed by atoms with Gasteiger partial charge in [0, 0.05) is 9.92 Å².